The fourth-order valence-corrected chi connectivity index (χ4v) is 4.06. The summed E-state index contributed by atoms with van der Waals surface area (Å²) in [5.41, 5.74) is 2.42. The van der Waals surface area contributed by atoms with Crippen LogP contribution in [0.2, 0.25) is 0 Å². The van der Waals surface area contributed by atoms with Crippen molar-refractivity contribution in [1.29, 1.82) is 0 Å². The molecule has 2 heterocycles. The van der Waals surface area contributed by atoms with Crippen molar-refractivity contribution in [2.75, 3.05) is 32.8 Å². The summed E-state index contributed by atoms with van der Waals surface area (Å²) >= 11 is 0. The van der Waals surface area contributed by atoms with Gasteiger partial charge in [0.1, 0.15) is 6.10 Å². The van der Waals surface area contributed by atoms with Crippen LogP contribution in [0.5, 0.6) is 0 Å². The van der Waals surface area contributed by atoms with Gasteiger partial charge in [-0.05, 0) is 26.7 Å². The summed E-state index contributed by atoms with van der Waals surface area (Å²) in [5, 5.41) is 10.8. The third kappa shape index (κ3) is 4.08. The molecule has 2 saturated heterocycles. The van der Waals surface area contributed by atoms with E-state index in [0.717, 1.165) is 32.4 Å². The molecule has 0 bridgehead atoms. The van der Waals surface area contributed by atoms with E-state index in [-0.39, 0.29) is 23.9 Å². The van der Waals surface area contributed by atoms with Crippen LogP contribution in [-0.4, -0.2) is 61.0 Å². The monoisotopic (exact) mass is 335 g/mol. The number of hydrogen-bond acceptors (Lipinski definition) is 5. The third-order valence-corrected chi connectivity index (χ3v) is 5.43. The van der Waals surface area contributed by atoms with Gasteiger partial charge in [-0.3, -0.25) is 9.69 Å². The zero-order chi connectivity index (χ0) is 17.1. The van der Waals surface area contributed by atoms with Gasteiger partial charge in [0.05, 0.1) is 25.2 Å². The molecule has 0 aromatic rings. The van der Waals surface area contributed by atoms with E-state index in [1.54, 1.807) is 0 Å². The second kappa shape index (κ2) is 7.81. The highest BCUT2D eigenvalue weighted by Crippen LogP contribution is 2.37. The molecular formula is C19H29NO4. The molecule has 4 atom stereocenters. The lowest BCUT2D eigenvalue weighted by Crippen LogP contribution is -2.44. The number of esters is 1. The molecule has 1 aliphatic carbocycles. The minimum atomic E-state index is -0.626. The van der Waals surface area contributed by atoms with E-state index in [0.29, 0.717) is 19.8 Å². The third-order valence-electron chi connectivity index (χ3n) is 5.43. The molecule has 0 aromatic carbocycles. The Hall–Kier alpha value is -1.17. The van der Waals surface area contributed by atoms with Crippen LogP contribution >= 0.6 is 0 Å². The molecule has 0 spiro atoms. The second-order valence-electron chi connectivity index (χ2n) is 7.37. The largest absolute Gasteiger partial charge is 0.461 e. The van der Waals surface area contributed by atoms with E-state index >= 15 is 0 Å². The number of nitrogens with zero attached hydrogens (tertiary/aromatic N) is 1. The van der Waals surface area contributed by atoms with Gasteiger partial charge in [0.15, 0.2) is 0 Å². The van der Waals surface area contributed by atoms with Gasteiger partial charge in [-0.2, -0.15) is 0 Å². The molecule has 5 nitrogen and oxygen atoms in total. The van der Waals surface area contributed by atoms with Gasteiger partial charge in [0, 0.05) is 32.0 Å². The highest BCUT2D eigenvalue weighted by Gasteiger charge is 2.48. The molecular weight excluding hydrogens is 306 g/mol. The van der Waals surface area contributed by atoms with Gasteiger partial charge in [-0.1, -0.05) is 23.3 Å². The van der Waals surface area contributed by atoms with Crippen LogP contribution in [0.15, 0.2) is 23.3 Å². The zero-order valence-electron chi connectivity index (χ0n) is 14.7. The molecule has 1 N–H and O–H groups in total. The molecule has 24 heavy (non-hydrogen) atoms. The van der Waals surface area contributed by atoms with Crippen molar-refractivity contribution >= 4 is 5.97 Å². The van der Waals surface area contributed by atoms with Crippen LogP contribution in [0.3, 0.4) is 0 Å². The van der Waals surface area contributed by atoms with Crippen molar-refractivity contribution < 1.29 is 19.4 Å². The minimum Gasteiger partial charge on any atom is -0.461 e. The van der Waals surface area contributed by atoms with Crippen LogP contribution in [0.4, 0.5) is 0 Å². The molecule has 2 aliphatic heterocycles. The van der Waals surface area contributed by atoms with Gasteiger partial charge in [0.25, 0.3) is 0 Å². The van der Waals surface area contributed by atoms with Gasteiger partial charge >= 0.3 is 5.97 Å². The summed E-state index contributed by atoms with van der Waals surface area (Å²) in [6.07, 6.45) is 5.96. The lowest BCUT2D eigenvalue weighted by Gasteiger charge is -2.31. The van der Waals surface area contributed by atoms with Crippen LogP contribution in [-0.2, 0) is 14.3 Å². The van der Waals surface area contributed by atoms with Crippen molar-refractivity contribution in [1.82, 2.24) is 4.90 Å². The summed E-state index contributed by atoms with van der Waals surface area (Å²) in [4.78, 5) is 14.8. The first-order valence-corrected chi connectivity index (χ1v) is 9.06. The Morgan fingerprint density at radius 2 is 2.00 bits per heavy atom. The van der Waals surface area contributed by atoms with Gasteiger partial charge in [-0.15, -0.1) is 0 Å². The Balaban J connectivity index is 1.81. The molecule has 0 radical (unpaired) electrons. The van der Waals surface area contributed by atoms with E-state index in [9.17, 15) is 9.90 Å². The van der Waals surface area contributed by atoms with E-state index in [4.69, 9.17) is 9.47 Å². The number of fused-ring (bicyclic) bond motifs is 1. The number of carbonyl (C=O) groups excluding carboxylic acids is 1. The molecule has 0 saturated carbocycles. The van der Waals surface area contributed by atoms with Crippen LogP contribution in [0.25, 0.3) is 0 Å². The number of allylic oxidation sites excluding steroid dienone is 2. The minimum absolute atomic E-state index is 0.159. The van der Waals surface area contributed by atoms with Crippen molar-refractivity contribution in [3.8, 4) is 0 Å². The average Bonchev–Trinajstić information content (AvgIpc) is 2.83. The molecule has 5 heteroatoms. The van der Waals surface area contributed by atoms with E-state index in [1.807, 2.05) is 6.08 Å². The molecule has 134 valence electrons. The number of aliphatic hydroxyl groups is 1. The molecule has 0 amide bonds. The Bertz CT molecular complexity index is 521. The van der Waals surface area contributed by atoms with E-state index in [1.165, 1.54) is 11.1 Å². The number of rotatable bonds is 2. The highest BCUT2D eigenvalue weighted by molar-refractivity contribution is 5.76. The lowest BCUT2D eigenvalue weighted by atomic mass is 9.81. The first-order valence-electron chi connectivity index (χ1n) is 9.06. The van der Waals surface area contributed by atoms with Crippen molar-refractivity contribution in [2.24, 2.45) is 11.8 Å². The molecule has 3 rings (SSSR count). The predicted molar refractivity (Wildman–Crippen MR) is 91.5 cm³/mol. The number of morpholine rings is 1. The number of ether oxygens (including phenoxy) is 2. The maximum absolute atomic E-state index is 12.5. The van der Waals surface area contributed by atoms with Crippen LogP contribution < -0.4 is 0 Å². The topological polar surface area (TPSA) is 59.0 Å². The van der Waals surface area contributed by atoms with Crippen molar-refractivity contribution in [3.05, 3.63) is 23.3 Å². The first-order chi connectivity index (χ1) is 11.5. The lowest BCUT2D eigenvalue weighted by molar-refractivity contribution is -0.144. The molecule has 3 aliphatic rings. The van der Waals surface area contributed by atoms with Crippen molar-refractivity contribution in [3.63, 3.8) is 0 Å². The van der Waals surface area contributed by atoms with Crippen LogP contribution in [0.1, 0.15) is 33.1 Å². The smallest absolute Gasteiger partial charge is 0.311 e. The normalized spacial score (nSPS) is 35.7. The van der Waals surface area contributed by atoms with Gasteiger partial charge in [-0.25, -0.2) is 0 Å². The van der Waals surface area contributed by atoms with E-state index in [2.05, 4.69) is 24.8 Å². The maximum atomic E-state index is 12.5. The molecule has 2 fully saturated rings. The summed E-state index contributed by atoms with van der Waals surface area (Å²) in [6.45, 7) is 7.88. The fourth-order valence-electron chi connectivity index (χ4n) is 4.06. The van der Waals surface area contributed by atoms with E-state index < -0.39 is 6.10 Å². The maximum Gasteiger partial charge on any atom is 0.311 e. The van der Waals surface area contributed by atoms with Crippen LogP contribution in [0, 0.1) is 11.8 Å². The Kier molecular flexibility index (Phi) is 5.74. The predicted octanol–water partition coefficient (Wildman–Crippen LogP) is 1.91. The Morgan fingerprint density at radius 3 is 2.75 bits per heavy atom. The molecule has 0 aromatic heterocycles. The van der Waals surface area contributed by atoms with Gasteiger partial charge < -0.3 is 14.6 Å². The Labute approximate surface area is 144 Å². The SMILES string of the molecule is CC1=CC(O)C2C(CC(C)=CCC1)OC(=O)C2CN1CCOCC1. The fraction of sp³-hybridized carbons (Fsp3) is 0.737. The summed E-state index contributed by atoms with van der Waals surface area (Å²) in [5.74, 6) is -0.593. The number of carbonyl (C=O) groups is 1. The summed E-state index contributed by atoms with van der Waals surface area (Å²) < 4.78 is 11.1. The number of hydrogen-bond donors (Lipinski definition) is 1. The standard InChI is InChI=1S/C19H29NO4/c1-13-4-3-5-14(2)11-17-18(16(21)10-13)15(19(22)24-17)12-20-6-8-23-9-7-20/h5,10,15-18,21H,3-4,6-9,11-12H2,1-2H3. The second-order valence-corrected chi connectivity index (χ2v) is 7.37. The zero-order valence-corrected chi connectivity index (χ0v) is 14.7. The first kappa shape index (κ1) is 17.6. The van der Waals surface area contributed by atoms with Crippen molar-refractivity contribution in [2.45, 2.75) is 45.3 Å². The number of aliphatic hydroxyl groups excluding tert-OH is 1. The summed E-state index contributed by atoms with van der Waals surface area (Å²) in [7, 11) is 0. The average molecular weight is 335 g/mol. The summed E-state index contributed by atoms with van der Waals surface area (Å²) in [6, 6.07) is 0. The highest BCUT2D eigenvalue weighted by atomic mass is 16.6. The quantitative estimate of drug-likeness (QED) is 0.617. The molecule has 4 unspecified atom stereocenters. The Morgan fingerprint density at radius 1 is 1.25 bits per heavy atom. The van der Waals surface area contributed by atoms with Gasteiger partial charge in [0.2, 0.25) is 0 Å².